The number of nitrogens with one attached hydrogen (secondary N) is 1. The molecule has 0 aliphatic carbocycles. The Morgan fingerprint density at radius 3 is 2.54 bits per heavy atom. The predicted octanol–water partition coefficient (Wildman–Crippen LogP) is 4.61. The first kappa shape index (κ1) is 17.7. The summed E-state index contributed by atoms with van der Waals surface area (Å²) < 4.78 is 7.40. The average molecular weight is 349 g/mol. The van der Waals surface area contributed by atoms with Gasteiger partial charge in [-0.15, -0.1) is 0 Å². The summed E-state index contributed by atoms with van der Waals surface area (Å²) in [6.07, 6.45) is 3.73. The Kier molecular flexibility index (Phi) is 5.69. The first-order valence-electron chi connectivity index (χ1n) is 8.83. The fourth-order valence-corrected chi connectivity index (χ4v) is 2.63. The summed E-state index contributed by atoms with van der Waals surface area (Å²) in [6.45, 7) is 4.73. The molecule has 1 N–H and O–H groups in total. The molecule has 0 unspecified atom stereocenters. The van der Waals surface area contributed by atoms with Crippen LogP contribution in [0.2, 0.25) is 0 Å². The van der Waals surface area contributed by atoms with Crippen molar-refractivity contribution in [1.29, 1.82) is 0 Å². The first-order chi connectivity index (χ1) is 12.7. The van der Waals surface area contributed by atoms with Gasteiger partial charge in [0.2, 0.25) is 0 Å². The van der Waals surface area contributed by atoms with E-state index in [1.807, 2.05) is 61.5 Å². The topological polar surface area (TPSA) is 56.1 Å². The van der Waals surface area contributed by atoms with E-state index in [0.717, 1.165) is 35.7 Å². The lowest BCUT2D eigenvalue weighted by molar-refractivity contribution is 0.102. The smallest absolute Gasteiger partial charge is 0.259 e. The molecule has 0 saturated heterocycles. The molecule has 5 nitrogen and oxygen atoms in total. The highest BCUT2D eigenvalue weighted by atomic mass is 16.5. The van der Waals surface area contributed by atoms with E-state index in [4.69, 9.17) is 4.74 Å². The molecule has 3 aromatic rings. The standard InChI is InChI=1S/C21H23N3O2/c1-3-4-14-26-19-12-10-17(11-13-19)23-21(25)20-15-22-24(16(20)2)18-8-6-5-7-9-18/h5-13,15H,3-4,14H2,1-2H3,(H,23,25). The molecule has 0 bridgehead atoms. The van der Waals surface area contributed by atoms with Gasteiger partial charge in [-0.05, 0) is 49.7 Å². The molecule has 134 valence electrons. The van der Waals surface area contributed by atoms with E-state index in [1.54, 1.807) is 10.9 Å². The normalized spacial score (nSPS) is 10.5. The zero-order valence-electron chi connectivity index (χ0n) is 15.1. The van der Waals surface area contributed by atoms with Crippen molar-refractivity contribution in [3.05, 3.63) is 72.1 Å². The van der Waals surface area contributed by atoms with Crippen molar-refractivity contribution in [3.8, 4) is 11.4 Å². The third-order valence-electron chi connectivity index (χ3n) is 4.13. The SMILES string of the molecule is CCCCOc1ccc(NC(=O)c2cnn(-c3ccccc3)c2C)cc1. The Morgan fingerprint density at radius 2 is 1.85 bits per heavy atom. The van der Waals surface area contributed by atoms with Crippen molar-refractivity contribution in [3.63, 3.8) is 0 Å². The highest BCUT2D eigenvalue weighted by Gasteiger charge is 2.15. The van der Waals surface area contributed by atoms with Crippen LogP contribution in [-0.2, 0) is 0 Å². The van der Waals surface area contributed by atoms with Gasteiger partial charge in [-0.2, -0.15) is 5.10 Å². The second-order valence-electron chi connectivity index (χ2n) is 6.07. The van der Waals surface area contributed by atoms with Crippen LogP contribution in [0.5, 0.6) is 5.75 Å². The molecule has 0 aliphatic heterocycles. The summed E-state index contributed by atoms with van der Waals surface area (Å²) >= 11 is 0. The van der Waals surface area contributed by atoms with Gasteiger partial charge in [-0.25, -0.2) is 4.68 Å². The number of hydrogen-bond acceptors (Lipinski definition) is 3. The molecule has 1 aromatic heterocycles. The van der Waals surface area contributed by atoms with Crippen LogP contribution in [0.15, 0.2) is 60.8 Å². The van der Waals surface area contributed by atoms with Crippen LogP contribution in [0, 0.1) is 6.92 Å². The lowest BCUT2D eigenvalue weighted by atomic mass is 10.2. The van der Waals surface area contributed by atoms with E-state index in [2.05, 4.69) is 17.3 Å². The van der Waals surface area contributed by atoms with E-state index in [0.29, 0.717) is 12.2 Å². The van der Waals surface area contributed by atoms with Gasteiger partial charge < -0.3 is 10.1 Å². The highest BCUT2D eigenvalue weighted by molar-refractivity contribution is 6.05. The number of rotatable bonds is 7. The minimum atomic E-state index is -0.177. The quantitative estimate of drug-likeness (QED) is 0.634. The number of unbranched alkanes of at least 4 members (excludes halogenated alkanes) is 1. The van der Waals surface area contributed by atoms with Crippen LogP contribution in [0.3, 0.4) is 0 Å². The summed E-state index contributed by atoms with van der Waals surface area (Å²) in [6, 6.07) is 17.2. The molecule has 3 rings (SSSR count). The van der Waals surface area contributed by atoms with E-state index >= 15 is 0 Å². The van der Waals surface area contributed by atoms with Crippen LogP contribution in [0.25, 0.3) is 5.69 Å². The van der Waals surface area contributed by atoms with Crippen LogP contribution < -0.4 is 10.1 Å². The molecule has 0 saturated carbocycles. The third-order valence-corrected chi connectivity index (χ3v) is 4.13. The number of para-hydroxylation sites is 1. The Morgan fingerprint density at radius 1 is 1.12 bits per heavy atom. The second kappa shape index (κ2) is 8.34. The number of amides is 1. The lowest BCUT2D eigenvalue weighted by Gasteiger charge is -2.08. The minimum absolute atomic E-state index is 0.177. The molecular weight excluding hydrogens is 326 g/mol. The maximum absolute atomic E-state index is 12.6. The molecule has 1 heterocycles. The zero-order chi connectivity index (χ0) is 18.4. The molecule has 0 fully saturated rings. The Bertz CT molecular complexity index is 855. The van der Waals surface area contributed by atoms with Crippen LogP contribution in [0.4, 0.5) is 5.69 Å². The maximum Gasteiger partial charge on any atom is 0.259 e. The molecule has 2 aromatic carbocycles. The molecule has 0 radical (unpaired) electrons. The fraction of sp³-hybridized carbons (Fsp3) is 0.238. The van der Waals surface area contributed by atoms with Gasteiger partial charge in [0.1, 0.15) is 5.75 Å². The van der Waals surface area contributed by atoms with Crippen molar-refractivity contribution in [2.75, 3.05) is 11.9 Å². The van der Waals surface area contributed by atoms with Crippen LogP contribution in [-0.4, -0.2) is 22.3 Å². The Balaban J connectivity index is 1.68. The molecular formula is C21H23N3O2. The van der Waals surface area contributed by atoms with Gasteiger partial charge in [0, 0.05) is 5.69 Å². The van der Waals surface area contributed by atoms with E-state index < -0.39 is 0 Å². The van der Waals surface area contributed by atoms with Crippen molar-refractivity contribution >= 4 is 11.6 Å². The largest absolute Gasteiger partial charge is 0.494 e. The summed E-state index contributed by atoms with van der Waals surface area (Å²) in [5.74, 6) is 0.633. The maximum atomic E-state index is 12.6. The van der Waals surface area contributed by atoms with E-state index in [1.165, 1.54) is 0 Å². The van der Waals surface area contributed by atoms with Crippen molar-refractivity contribution in [2.45, 2.75) is 26.7 Å². The third kappa shape index (κ3) is 4.11. The molecule has 0 aliphatic rings. The predicted molar refractivity (Wildman–Crippen MR) is 103 cm³/mol. The highest BCUT2D eigenvalue weighted by Crippen LogP contribution is 2.19. The van der Waals surface area contributed by atoms with Crippen molar-refractivity contribution in [2.24, 2.45) is 0 Å². The first-order valence-corrected chi connectivity index (χ1v) is 8.83. The van der Waals surface area contributed by atoms with E-state index in [9.17, 15) is 4.79 Å². The van der Waals surface area contributed by atoms with Crippen molar-refractivity contribution < 1.29 is 9.53 Å². The molecule has 5 heteroatoms. The number of carbonyl (C=O) groups is 1. The van der Waals surface area contributed by atoms with Gasteiger partial charge in [0.05, 0.1) is 29.7 Å². The number of carbonyl (C=O) groups excluding carboxylic acids is 1. The Labute approximate surface area is 153 Å². The minimum Gasteiger partial charge on any atom is -0.494 e. The summed E-state index contributed by atoms with van der Waals surface area (Å²) in [5.41, 5.74) is 3.01. The monoisotopic (exact) mass is 349 g/mol. The summed E-state index contributed by atoms with van der Waals surface area (Å²) in [7, 11) is 0. The van der Waals surface area contributed by atoms with Gasteiger partial charge in [0.25, 0.3) is 5.91 Å². The Hall–Kier alpha value is -3.08. The number of benzene rings is 2. The second-order valence-corrected chi connectivity index (χ2v) is 6.07. The number of nitrogens with zero attached hydrogens (tertiary/aromatic N) is 2. The van der Waals surface area contributed by atoms with Gasteiger partial charge in [-0.1, -0.05) is 31.5 Å². The molecule has 26 heavy (non-hydrogen) atoms. The van der Waals surface area contributed by atoms with Gasteiger partial charge in [0.15, 0.2) is 0 Å². The summed E-state index contributed by atoms with van der Waals surface area (Å²) in [4.78, 5) is 12.6. The van der Waals surface area contributed by atoms with E-state index in [-0.39, 0.29) is 5.91 Å². The number of hydrogen-bond donors (Lipinski definition) is 1. The molecule has 1 amide bonds. The van der Waals surface area contributed by atoms with Crippen LogP contribution >= 0.6 is 0 Å². The lowest BCUT2D eigenvalue weighted by Crippen LogP contribution is -2.13. The average Bonchev–Trinajstić information content (AvgIpc) is 3.05. The van der Waals surface area contributed by atoms with Gasteiger partial charge in [-0.3, -0.25) is 4.79 Å². The fourth-order valence-electron chi connectivity index (χ4n) is 2.63. The van der Waals surface area contributed by atoms with Crippen molar-refractivity contribution in [1.82, 2.24) is 9.78 Å². The molecule has 0 atom stereocenters. The van der Waals surface area contributed by atoms with Gasteiger partial charge >= 0.3 is 0 Å². The zero-order valence-corrected chi connectivity index (χ0v) is 15.1. The number of aromatic nitrogens is 2. The summed E-state index contributed by atoms with van der Waals surface area (Å²) in [5, 5.41) is 7.25. The van der Waals surface area contributed by atoms with Crippen LogP contribution in [0.1, 0.15) is 35.8 Å². The number of anilines is 1. The molecule has 0 spiro atoms. The number of ether oxygens (including phenoxy) is 1.